The summed E-state index contributed by atoms with van der Waals surface area (Å²) in [5.41, 5.74) is 0.300. The number of phenols is 3. The third-order valence-electron chi connectivity index (χ3n) is 4.52. The lowest BCUT2D eigenvalue weighted by molar-refractivity contribution is 0.0697. The van der Waals surface area contributed by atoms with Gasteiger partial charge in [0.2, 0.25) is 0 Å². The highest BCUT2D eigenvalue weighted by atomic mass is 19.1. The van der Waals surface area contributed by atoms with Crippen molar-refractivity contribution in [1.82, 2.24) is 10.2 Å². The number of piperidine rings is 1. The van der Waals surface area contributed by atoms with E-state index in [1.807, 2.05) is 0 Å². The van der Waals surface area contributed by atoms with Crippen LogP contribution >= 0.6 is 0 Å². The maximum atomic E-state index is 13.3. The van der Waals surface area contributed by atoms with Gasteiger partial charge in [0, 0.05) is 30.3 Å². The molecule has 2 amide bonds. The average Bonchev–Trinajstić information content (AvgIpc) is 2.65. The third kappa shape index (κ3) is 4.11. The Kier molecular flexibility index (Phi) is 5.16. The summed E-state index contributed by atoms with van der Waals surface area (Å²) in [7, 11) is 0. The van der Waals surface area contributed by atoms with Gasteiger partial charge < -0.3 is 25.5 Å². The predicted octanol–water partition coefficient (Wildman–Crippen LogP) is 1.98. The molecule has 0 aliphatic carbocycles. The predicted molar refractivity (Wildman–Crippen MR) is 94.2 cm³/mol. The Morgan fingerprint density at radius 3 is 2.22 bits per heavy atom. The monoisotopic (exact) mass is 374 g/mol. The number of rotatable bonds is 3. The van der Waals surface area contributed by atoms with Gasteiger partial charge in [0.05, 0.1) is 0 Å². The van der Waals surface area contributed by atoms with E-state index in [0.717, 1.165) is 12.1 Å². The zero-order chi connectivity index (χ0) is 19.6. The van der Waals surface area contributed by atoms with E-state index in [0.29, 0.717) is 25.9 Å². The van der Waals surface area contributed by atoms with E-state index < -0.39 is 29.0 Å². The van der Waals surface area contributed by atoms with Gasteiger partial charge in [0.15, 0.2) is 17.2 Å². The van der Waals surface area contributed by atoms with Crippen molar-refractivity contribution in [2.75, 3.05) is 13.1 Å². The topological polar surface area (TPSA) is 110 Å². The van der Waals surface area contributed by atoms with Crippen molar-refractivity contribution < 1.29 is 29.3 Å². The van der Waals surface area contributed by atoms with Crippen LogP contribution in [0.1, 0.15) is 33.6 Å². The number of hydrogen-bond acceptors (Lipinski definition) is 5. The van der Waals surface area contributed by atoms with Gasteiger partial charge in [0.25, 0.3) is 11.8 Å². The summed E-state index contributed by atoms with van der Waals surface area (Å²) in [4.78, 5) is 26.3. The van der Waals surface area contributed by atoms with Crippen molar-refractivity contribution in [2.45, 2.75) is 18.9 Å². The first kappa shape index (κ1) is 18.5. The molecule has 0 radical (unpaired) electrons. The molecule has 1 heterocycles. The maximum Gasteiger partial charge on any atom is 0.253 e. The molecule has 7 nitrogen and oxygen atoms in total. The molecule has 1 fully saturated rings. The van der Waals surface area contributed by atoms with Crippen LogP contribution in [0.4, 0.5) is 4.39 Å². The second-order valence-electron chi connectivity index (χ2n) is 6.41. The van der Waals surface area contributed by atoms with E-state index in [2.05, 4.69) is 5.32 Å². The fraction of sp³-hybridized carbons (Fsp3) is 0.263. The zero-order valence-electron chi connectivity index (χ0n) is 14.4. The van der Waals surface area contributed by atoms with E-state index in [1.165, 1.54) is 18.2 Å². The minimum Gasteiger partial charge on any atom is -0.504 e. The fourth-order valence-electron chi connectivity index (χ4n) is 3.04. The molecule has 1 aliphatic heterocycles. The number of hydrogen-bond donors (Lipinski definition) is 4. The molecular weight excluding hydrogens is 355 g/mol. The molecular formula is C19H19FN2O5. The van der Waals surface area contributed by atoms with Crippen molar-refractivity contribution in [3.63, 3.8) is 0 Å². The lowest BCUT2D eigenvalue weighted by Crippen LogP contribution is -2.46. The Morgan fingerprint density at radius 2 is 1.63 bits per heavy atom. The number of aromatic hydroxyl groups is 3. The lowest BCUT2D eigenvalue weighted by atomic mass is 10.0. The van der Waals surface area contributed by atoms with E-state index >= 15 is 0 Å². The minimum absolute atomic E-state index is 0.0149. The van der Waals surface area contributed by atoms with E-state index in [9.17, 15) is 29.3 Å². The first-order valence-corrected chi connectivity index (χ1v) is 8.46. The van der Waals surface area contributed by atoms with Crippen LogP contribution in [0.25, 0.3) is 0 Å². The zero-order valence-corrected chi connectivity index (χ0v) is 14.4. The number of nitrogens with zero attached hydrogens (tertiary/aromatic N) is 1. The first-order chi connectivity index (χ1) is 12.8. The molecule has 0 atom stereocenters. The molecule has 3 rings (SSSR count). The minimum atomic E-state index is -0.685. The van der Waals surface area contributed by atoms with E-state index in [-0.39, 0.29) is 23.1 Å². The van der Waals surface area contributed by atoms with Crippen molar-refractivity contribution in [2.24, 2.45) is 0 Å². The standard InChI is InChI=1S/C19H19FN2O5/c20-13-3-1-2-11(8-13)19(27)22-6-4-14(5-7-22)21-18(26)12-9-15(23)17(25)16(24)10-12/h1-3,8-10,14,23-25H,4-7H2,(H,21,26). The molecule has 142 valence electrons. The maximum absolute atomic E-state index is 13.3. The number of likely N-dealkylation sites (tertiary alicyclic amines) is 1. The number of benzene rings is 2. The summed E-state index contributed by atoms with van der Waals surface area (Å²) < 4.78 is 13.3. The van der Waals surface area contributed by atoms with Crippen molar-refractivity contribution >= 4 is 11.8 Å². The Morgan fingerprint density at radius 1 is 1.00 bits per heavy atom. The normalized spacial score (nSPS) is 14.8. The number of carbonyl (C=O) groups excluding carboxylic acids is 2. The van der Waals surface area contributed by atoms with Gasteiger partial charge in [-0.25, -0.2) is 4.39 Å². The van der Waals surface area contributed by atoms with Crippen LogP contribution in [-0.2, 0) is 0 Å². The number of phenolic OH excluding ortho intramolecular Hbond substituents is 3. The third-order valence-corrected chi connectivity index (χ3v) is 4.52. The molecule has 0 spiro atoms. The summed E-state index contributed by atoms with van der Waals surface area (Å²) >= 11 is 0. The van der Waals surface area contributed by atoms with Crippen LogP contribution in [0.3, 0.4) is 0 Å². The van der Waals surface area contributed by atoms with Crippen LogP contribution in [0.15, 0.2) is 36.4 Å². The highest BCUT2D eigenvalue weighted by Gasteiger charge is 2.25. The van der Waals surface area contributed by atoms with Crippen LogP contribution in [0, 0.1) is 5.82 Å². The van der Waals surface area contributed by atoms with Crippen LogP contribution in [0.5, 0.6) is 17.2 Å². The SMILES string of the molecule is O=C(NC1CCN(C(=O)c2cccc(F)c2)CC1)c1cc(O)c(O)c(O)c1. The molecule has 1 aliphatic rings. The second kappa shape index (κ2) is 7.53. The second-order valence-corrected chi connectivity index (χ2v) is 6.41. The molecule has 0 saturated carbocycles. The number of nitrogens with one attached hydrogen (secondary N) is 1. The summed E-state index contributed by atoms with van der Waals surface area (Å²) in [5, 5.41) is 31.1. The largest absolute Gasteiger partial charge is 0.504 e. The average molecular weight is 374 g/mol. The summed E-state index contributed by atoms with van der Waals surface area (Å²) in [6, 6.07) is 7.45. The van der Waals surface area contributed by atoms with E-state index in [1.54, 1.807) is 11.0 Å². The number of amides is 2. The van der Waals surface area contributed by atoms with Gasteiger partial charge in [-0.1, -0.05) is 6.07 Å². The van der Waals surface area contributed by atoms with Gasteiger partial charge >= 0.3 is 0 Å². The molecule has 27 heavy (non-hydrogen) atoms. The molecule has 1 saturated heterocycles. The molecule has 8 heteroatoms. The summed E-state index contributed by atoms with van der Waals surface area (Å²) in [5.74, 6) is -3.09. The number of carbonyl (C=O) groups is 2. The highest BCUT2D eigenvalue weighted by molar-refractivity contribution is 5.96. The van der Waals surface area contributed by atoms with Crippen molar-refractivity contribution in [3.05, 3.63) is 53.3 Å². The van der Waals surface area contributed by atoms with Crippen LogP contribution in [0.2, 0.25) is 0 Å². The Hall–Kier alpha value is -3.29. The highest BCUT2D eigenvalue weighted by Crippen LogP contribution is 2.35. The van der Waals surface area contributed by atoms with E-state index in [4.69, 9.17) is 0 Å². The van der Waals surface area contributed by atoms with Crippen molar-refractivity contribution in [3.8, 4) is 17.2 Å². The fourth-order valence-corrected chi connectivity index (χ4v) is 3.04. The van der Waals surface area contributed by atoms with Gasteiger partial charge in [-0.3, -0.25) is 9.59 Å². The van der Waals surface area contributed by atoms with Gasteiger partial charge in [-0.15, -0.1) is 0 Å². The van der Waals surface area contributed by atoms with Crippen molar-refractivity contribution in [1.29, 1.82) is 0 Å². The van der Waals surface area contributed by atoms with Gasteiger partial charge in [0.1, 0.15) is 5.82 Å². The van der Waals surface area contributed by atoms with Crippen LogP contribution < -0.4 is 5.32 Å². The smallest absolute Gasteiger partial charge is 0.253 e. The molecule has 4 N–H and O–H groups in total. The summed E-state index contributed by atoms with van der Waals surface area (Å²) in [6.07, 6.45) is 1.03. The number of halogens is 1. The summed E-state index contributed by atoms with van der Waals surface area (Å²) in [6.45, 7) is 0.818. The molecule has 2 aromatic carbocycles. The van der Waals surface area contributed by atoms with Gasteiger partial charge in [-0.05, 0) is 43.2 Å². The van der Waals surface area contributed by atoms with Crippen LogP contribution in [-0.4, -0.2) is 51.2 Å². The Bertz CT molecular complexity index is 855. The molecule has 2 aromatic rings. The molecule has 0 unspecified atom stereocenters. The molecule has 0 bridgehead atoms. The Labute approximate surface area is 154 Å². The first-order valence-electron chi connectivity index (χ1n) is 8.46. The quantitative estimate of drug-likeness (QED) is 0.614. The Balaban J connectivity index is 1.58. The lowest BCUT2D eigenvalue weighted by Gasteiger charge is -2.32. The molecule has 0 aromatic heterocycles. The van der Waals surface area contributed by atoms with Gasteiger partial charge in [-0.2, -0.15) is 0 Å².